The van der Waals surface area contributed by atoms with Crippen molar-refractivity contribution < 1.29 is 14.3 Å². The van der Waals surface area contributed by atoms with Crippen LogP contribution in [0.4, 0.5) is 0 Å². The van der Waals surface area contributed by atoms with E-state index in [-0.39, 0.29) is 5.91 Å². The van der Waals surface area contributed by atoms with E-state index in [2.05, 4.69) is 5.32 Å². The summed E-state index contributed by atoms with van der Waals surface area (Å²) in [6, 6.07) is 24.9. The van der Waals surface area contributed by atoms with Gasteiger partial charge in [0.2, 0.25) is 0 Å². The first-order chi connectivity index (χ1) is 15.2. The van der Waals surface area contributed by atoms with E-state index in [1.54, 1.807) is 32.4 Å². The summed E-state index contributed by atoms with van der Waals surface area (Å²) in [6.45, 7) is 0.338. The Morgan fingerprint density at radius 3 is 2.26 bits per heavy atom. The van der Waals surface area contributed by atoms with Gasteiger partial charge in [-0.2, -0.15) is 5.10 Å². The summed E-state index contributed by atoms with van der Waals surface area (Å²) in [5.74, 6) is 0.888. The Kier molecular flexibility index (Phi) is 5.98. The molecule has 0 aliphatic carbocycles. The van der Waals surface area contributed by atoms with Crippen LogP contribution in [0.1, 0.15) is 15.9 Å². The molecule has 1 N–H and O–H groups in total. The van der Waals surface area contributed by atoms with Crippen LogP contribution in [0.2, 0.25) is 0 Å². The summed E-state index contributed by atoms with van der Waals surface area (Å²) in [5.41, 5.74) is 4.19. The Hall–Kier alpha value is -4.06. The number of ether oxygens (including phenoxy) is 2. The lowest BCUT2D eigenvalue weighted by Gasteiger charge is -2.10. The van der Waals surface area contributed by atoms with Crippen LogP contribution >= 0.6 is 0 Å². The number of aromatic nitrogens is 2. The highest BCUT2D eigenvalue weighted by Gasteiger charge is 2.15. The van der Waals surface area contributed by atoms with Gasteiger partial charge in [0.15, 0.2) is 11.5 Å². The SMILES string of the molecule is COc1ccc(C(=O)NCc2cn(-c3ccccc3)nc2-c2ccccc2)cc1OC. The zero-order valence-corrected chi connectivity index (χ0v) is 17.4. The van der Waals surface area contributed by atoms with E-state index in [1.165, 1.54) is 0 Å². The minimum absolute atomic E-state index is 0.201. The Balaban J connectivity index is 1.60. The molecule has 0 atom stereocenters. The van der Waals surface area contributed by atoms with Gasteiger partial charge in [0.25, 0.3) is 5.91 Å². The second kappa shape index (κ2) is 9.17. The van der Waals surface area contributed by atoms with Crippen molar-refractivity contribution in [3.63, 3.8) is 0 Å². The fraction of sp³-hybridized carbons (Fsp3) is 0.120. The lowest BCUT2D eigenvalue weighted by Crippen LogP contribution is -2.23. The highest BCUT2D eigenvalue weighted by Crippen LogP contribution is 2.28. The maximum absolute atomic E-state index is 12.8. The van der Waals surface area contributed by atoms with Crippen LogP contribution in [-0.4, -0.2) is 29.9 Å². The maximum atomic E-state index is 12.8. The molecule has 0 fully saturated rings. The van der Waals surface area contributed by atoms with Gasteiger partial charge in [0, 0.05) is 29.4 Å². The summed E-state index contributed by atoms with van der Waals surface area (Å²) in [4.78, 5) is 12.8. The molecule has 4 aromatic rings. The van der Waals surface area contributed by atoms with E-state index in [1.807, 2.05) is 71.5 Å². The van der Waals surface area contributed by atoms with Crippen LogP contribution in [0.25, 0.3) is 16.9 Å². The Morgan fingerprint density at radius 1 is 0.903 bits per heavy atom. The summed E-state index contributed by atoms with van der Waals surface area (Å²) < 4.78 is 12.4. The predicted molar refractivity (Wildman–Crippen MR) is 120 cm³/mol. The summed E-state index contributed by atoms with van der Waals surface area (Å²) in [6.07, 6.45) is 1.95. The monoisotopic (exact) mass is 413 g/mol. The fourth-order valence-corrected chi connectivity index (χ4v) is 3.35. The van der Waals surface area contributed by atoms with Gasteiger partial charge in [-0.1, -0.05) is 48.5 Å². The molecular weight excluding hydrogens is 390 g/mol. The van der Waals surface area contributed by atoms with Gasteiger partial charge in [-0.05, 0) is 30.3 Å². The third kappa shape index (κ3) is 4.43. The maximum Gasteiger partial charge on any atom is 0.251 e. The van der Waals surface area contributed by atoms with E-state index in [9.17, 15) is 4.79 Å². The molecule has 0 saturated heterocycles. The zero-order valence-electron chi connectivity index (χ0n) is 17.4. The third-order valence-electron chi connectivity index (χ3n) is 4.94. The Morgan fingerprint density at radius 2 is 1.58 bits per heavy atom. The van der Waals surface area contributed by atoms with Gasteiger partial charge in [0.1, 0.15) is 0 Å². The van der Waals surface area contributed by atoms with Crippen molar-refractivity contribution in [3.05, 3.63) is 96.2 Å². The van der Waals surface area contributed by atoms with Crippen molar-refractivity contribution in [2.45, 2.75) is 6.54 Å². The molecule has 6 nitrogen and oxygen atoms in total. The first-order valence-corrected chi connectivity index (χ1v) is 9.89. The Labute approximate surface area is 181 Å². The second-order valence-corrected chi connectivity index (χ2v) is 6.90. The number of hydrogen-bond donors (Lipinski definition) is 1. The van der Waals surface area contributed by atoms with Crippen LogP contribution in [0.5, 0.6) is 11.5 Å². The summed E-state index contributed by atoms with van der Waals surface area (Å²) in [7, 11) is 3.11. The number of nitrogens with zero attached hydrogens (tertiary/aromatic N) is 2. The van der Waals surface area contributed by atoms with Crippen molar-refractivity contribution in [3.8, 4) is 28.4 Å². The number of hydrogen-bond acceptors (Lipinski definition) is 4. The van der Waals surface area contributed by atoms with Crippen LogP contribution in [0.3, 0.4) is 0 Å². The molecule has 156 valence electrons. The van der Waals surface area contributed by atoms with Crippen molar-refractivity contribution in [1.82, 2.24) is 15.1 Å². The van der Waals surface area contributed by atoms with Gasteiger partial charge in [-0.15, -0.1) is 0 Å². The van der Waals surface area contributed by atoms with Crippen LogP contribution < -0.4 is 14.8 Å². The number of methoxy groups -OCH3 is 2. The molecule has 31 heavy (non-hydrogen) atoms. The molecule has 0 aliphatic rings. The topological polar surface area (TPSA) is 65.4 Å². The quantitative estimate of drug-likeness (QED) is 0.485. The first-order valence-electron chi connectivity index (χ1n) is 9.89. The lowest BCUT2D eigenvalue weighted by atomic mass is 10.1. The third-order valence-corrected chi connectivity index (χ3v) is 4.94. The number of amides is 1. The average Bonchev–Trinajstić information content (AvgIpc) is 3.27. The molecule has 0 radical (unpaired) electrons. The van der Waals surface area contributed by atoms with Gasteiger partial charge >= 0.3 is 0 Å². The molecule has 1 heterocycles. The van der Waals surface area contributed by atoms with Crippen molar-refractivity contribution in [2.24, 2.45) is 0 Å². The van der Waals surface area contributed by atoms with Gasteiger partial charge < -0.3 is 14.8 Å². The van der Waals surface area contributed by atoms with E-state index in [0.717, 1.165) is 22.5 Å². The molecule has 0 unspecified atom stereocenters. The van der Waals surface area contributed by atoms with Gasteiger partial charge in [0.05, 0.1) is 25.6 Å². The molecule has 0 aliphatic heterocycles. The molecule has 0 saturated carbocycles. The lowest BCUT2D eigenvalue weighted by molar-refractivity contribution is 0.0950. The molecule has 0 bridgehead atoms. The van der Waals surface area contributed by atoms with Crippen LogP contribution in [-0.2, 0) is 6.54 Å². The summed E-state index contributed by atoms with van der Waals surface area (Å²) in [5, 5.41) is 7.77. The molecule has 0 spiro atoms. The van der Waals surface area contributed by atoms with E-state index in [0.29, 0.717) is 23.6 Å². The average molecular weight is 413 g/mol. The predicted octanol–water partition coefficient (Wildman–Crippen LogP) is 4.49. The number of carbonyl (C=O) groups excluding carboxylic acids is 1. The van der Waals surface area contributed by atoms with Crippen molar-refractivity contribution in [2.75, 3.05) is 14.2 Å². The first kappa shape index (κ1) is 20.2. The smallest absolute Gasteiger partial charge is 0.251 e. The zero-order chi connectivity index (χ0) is 21.6. The number of carbonyl (C=O) groups is 1. The van der Waals surface area contributed by atoms with E-state index in [4.69, 9.17) is 14.6 Å². The molecule has 1 amide bonds. The minimum Gasteiger partial charge on any atom is -0.493 e. The van der Waals surface area contributed by atoms with E-state index < -0.39 is 0 Å². The standard InChI is InChI=1S/C25H23N3O3/c1-30-22-14-13-19(15-23(22)31-2)25(29)26-16-20-17-28(21-11-7-4-8-12-21)27-24(20)18-9-5-3-6-10-18/h3-15,17H,16H2,1-2H3,(H,26,29). The van der Waals surface area contributed by atoms with Crippen molar-refractivity contribution in [1.29, 1.82) is 0 Å². The highest BCUT2D eigenvalue weighted by molar-refractivity contribution is 5.95. The highest BCUT2D eigenvalue weighted by atomic mass is 16.5. The minimum atomic E-state index is -0.201. The number of nitrogens with one attached hydrogen (secondary N) is 1. The van der Waals surface area contributed by atoms with E-state index >= 15 is 0 Å². The van der Waals surface area contributed by atoms with Gasteiger partial charge in [-0.25, -0.2) is 4.68 Å². The van der Waals surface area contributed by atoms with Crippen molar-refractivity contribution >= 4 is 5.91 Å². The molecule has 3 aromatic carbocycles. The summed E-state index contributed by atoms with van der Waals surface area (Å²) >= 11 is 0. The molecular formula is C25H23N3O3. The van der Waals surface area contributed by atoms with Crippen LogP contribution in [0, 0.1) is 0 Å². The van der Waals surface area contributed by atoms with Crippen LogP contribution in [0.15, 0.2) is 85.1 Å². The second-order valence-electron chi connectivity index (χ2n) is 6.90. The van der Waals surface area contributed by atoms with Gasteiger partial charge in [-0.3, -0.25) is 4.79 Å². The number of para-hydroxylation sites is 1. The molecule has 4 rings (SSSR count). The molecule has 1 aromatic heterocycles. The molecule has 6 heteroatoms. The largest absolute Gasteiger partial charge is 0.493 e. The number of rotatable bonds is 7. The number of benzene rings is 3. The fourth-order valence-electron chi connectivity index (χ4n) is 3.35. The Bertz CT molecular complexity index is 1170. The normalized spacial score (nSPS) is 10.5.